The van der Waals surface area contributed by atoms with Crippen molar-refractivity contribution in [1.29, 1.82) is 0 Å². The molecule has 4 rings (SSSR count). The second kappa shape index (κ2) is 9.64. The molecule has 1 fully saturated rings. The predicted molar refractivity (Wildman–Crippen MR) is 119 cm³/mol. The van der Waals surface area contributed by atoms with E-state index in [1.807, 2.05) is 32.3 Å². The number of aromatic amines is 1. The number of halogens is 1. The fraction of sp³-hybridized carbons (Fsp3) is 0.409. The summed E-state index contributed by atoms with van der Waals surface area (Å²) in [5.74, 6) is 1.07. The Morgan fingerprint density at radius 1 is 1.35 bits per heavy atom. The Kier molecular flexibility index (Phi) is 6.70. The van der Waals surface area contributed by atoms with Crippen LogP contribution in [0.4, 0.5) is 0 Å². The molecular formula is C22H26ClN5O3. The summed E-state index contributed by atoms with van der Waals surface area (Å²) in [6.07, 6.45) is 5.42. The van der Waals surface area contributed by atoms with E-state index < -0.39 is 0 Å². The van der Waals surface area contributed by atoms with Gasteiger partial charge >= 0.3 is 0 Å². The minimum atomic E-state index is -0.250. The molecule has 1 amide bonds. The zero-order valence-electron chi connectivity index (χ0n) is 17.7. The van der Waals surface area contributed by atoms with Gasteiger partial charge < -0.3 is 19.8 Å². The van der Waals surface area contributed by atoms with E-state index in [4.69, 9.17) is 21.1 Å². The molecule has 2 N–H and O–H groups in total. The molecule has 0 radical (unpaired) electrons. The first-order valence-electron chi connectivity index (χ1n) is 10.4. The normalized spacial score (nSPS) is 15.7. The first-order chi connectivity index (χ1) is 15.1. The van der Waals surface area contributed by atoms with E-state index in [-0.39, 0.29) is 11.9 Å². The Bertz CT molecular complexity index is 1050. The van der Waals surface area contributed by atoms with Crippen molar-refractivity contribution < 1.29 is 14.3 Å². The number of carbonyl (C=O) groups is 1. The van der Waals surface area contributed by atoms with Gasteiger partial charge in [0.2, 0.25) is 0 Å². The molecule has 0 saturated carbocycles. The summed E-state index contributed by atoms with van der Waals surface area (Å²) in [4.78, 5) is 27.2. The van der Waals surface area contributed by atoms with Crippen LogP contribution in [0.3, 0.4) is 0 Å². The molecular weight excluding hydrogens is 418 g/mol. The number of nitrogens with zero attached hydrogens (tertiary/aromatic N) is 3. The van der Waals surface area contributed by atoms with Gasteiger partial charge in [-0.3, -0.25) is 9.69 Å². The third kappa shape index (κ3) is 4.66. The molecule has 8 nitrogen and oxygen atoms in total. The molecule has 0 spiro atoms. The Morgan fingerprint density at radius 2 is 2.10 bits per heavy atom. The maximum Gasteiger partial charge on any atom is 0.253 e. The van der Waals surface area contributed by atoms with Crippen LogP contribution in [0, 0.1) is 6.92 Å². The van der Waals surface area contributed by atoms with Crippen LogP contribution in [0.15, 0.2) is 30.7 Å². The summed E-state index contributed by atoms with van der Waals surface area (Å²) in [6, 6.07) is 3.48. The van der Waals surface area contributed by atoms with E-state index in [9.17, 15) is 4.79 Å². The summed E-state index contributed by atoms with van der Waals surface area (Å²) in [6.45, 7) is 7.51. The zero-order chi connectivity index (χ0) is 21.8. The van der Waals surface area contributed by atoms with Gasteiger partial charge in [-0.25, -0.2) is 9.97 Å². The Balaban J connectivity index is 1.57. The highest BCUT2D eigenvalue weighted by Crippen LogP contribution is 2.34. The summed E-state index contributed by atoms with van der Waals surface area (Å²) in [7, 11) is 0. The number of aryl methyl sites for hydroxylation is 1. The molecule has 2 aromatic heterocycles. The monoisotopic (exact) mass is 443 g/mol. The Morgan fingerprint density at radius 3 is 2.81 bits per heavy atom. The van der Waals surface area contributed by atoms with Gasteiger partial charge in [0.15, 0.2) is 0 Å². The van der Waals surface area contributed by atoms with E-state index in [0.29, 0.717) is 48.5 Å². The Hall–Kier alpha value is -2.68. The summed E-state index contributed by atoms with van der Waals surface area (Å²) in [5.41, 5.74) is 2.12. The van der Waals surface area contributed by atoms with Crippen LogP contribution in [0.5, 0.6) is 5.75 Å². The number of amides is 1. The minimum absolute atomic E-state index is 0.0606. The standard InChI is InChI=1S/C22H26ClN5O3/c1-3-31-19-10-17(20(23)16-4-5-24-21(16)19)22(29)27-13-18(28-6-8-30-9-7-28)15-11-25-14(2)26-12-15/h4-5,10-12,18,24H,3,6-9,13H2,1-2H3,(H,27,29). The average Bonchev–Trinajstić information content (AvgIpc) is 3.28. The lowest BCUT2D eigenvalue weighted by atomic mass is 10.1. The lowest BCUT2D eigenvalue weighted by molar-refractivity contribution is 0.0161. The second-order valence-electron chi connectivity index (χ2n) is 7.37. The van der Waals surface area contributed by atoms with Gasteiger partial charge in [0.25, 0.3) is 5.91 Å². The maximum absolute atomic E-state index is 13.1. The van der Waals surface area contributed by atoms with E-state index >= 15 is 0 Å². The van der Waals surface area contributed by atoms with Gasteiger partial charge in [-0.15, -0.1) is 0 Å². The number of benzene rings is 1. The Labute approximate surface area is 185 Å². The maximum atomic E-state index is 13.1. The van der Waals surface area contributed by atoms with Crippen molar-refractivity contribution in [3.05, 3.63) is 52.7 Å². The van der Waals surface area contributed by atoms with Crippen molar-refractivity contribution in [2.45, 2.75) is 19.9 Å². The lowest BCUT2D eigenvalue weighted by Crippen LogP contribution is -2.44. The predicted octanol–water partition coefficient (Wildman–Crippen LogP) is 3.12. The third-order valence-electron chi connectivity index (χ3n) is 5.41. The molecule has 1 saturated heterocycles. The molecule has 1 aliphatic rings. The van der Waals surface area contributed by atoms with Crippen LogP contribution >= 0.6 is 11.6 Å². The van der Waals surface area contributed by atoms with Gasteiger partial charge in [0, 0.05) is 49.2 Å². The largest absolute Gasteiger partial charge is 0.492 e. The highest BCUT2D eigenvalue weighted by molar-refractivity contribution is 6.38. The second-order valence-corrected chi connectivity index (χ2v) is 7.75. The first kappa shape index (κ1) is 21.5. The fourth-order valence-electron chi connectivity index (χ4n) is 3.81. The average molecular weight is 444 g/mol. The van der Waals surface area contributed by atoms with Crippen molar-refractivity contribution >= 4 is 28.4 Å². The van der Waals surface area contributed by atoms with E-state index in [1.54, 1.807) is 12.3 Å². The van der Waals surface area contributed by atoms with Gasteiger partial charge in [-0.05, 0) is 26.0 Å². The molecule has 164 valence electrons. The van der Waals surface area contributed by atoms with Crippen LogP contribution in [0.1, 0.15) is 34.7 Å². The van der Waals surface area contributed by atoms with Crippen LogP contribution in [0.25, 0.3) is 10.9 Å². The lowest BCUT2D eigenvalue weighted by Gasteiger charge is -2.34. The number of H-pyrrole nitrogens is 1. The first-order valence-corrected chi connectivity index (χ1v) is 10.8. The molecule has 3 aromatic rings. The van der Waals surface area contributed by atoms with Gasteiger partial charge in [-0.1, -0.05) is 11.6 Å². The third-order valence-corrected chi connectivity index (χ3v) is 5.82. The molecule has 0 aliphatic carbocycles. The van der Waals surface area contributed by atoms with Crippen LogP contribution < -0.4 is 10.1 Å². The van der Waals surface area contributed by atoms with Crippen molar-refractivity contribution in [3.8, 4) is 5.75 Å². The van der Waals surface area contributed by atoms with Gasteiger partial charge in [-0.2, -0.15) is 0 Å². The number of carbonyl (C=O) groups excluding carboxylic acids is 1. The topological polar surface area (TPSA) is 92.4 Å². The molecule has 1 aromatic carbocycles. The van der Waals surface area contributed by atoms with Crippen LogP contribution in [0.2, 0.25) is 5.02 Å². The van der Waals surface area contributed by atoms with Crippen LogP contribution in [-0.2, 0) is 4.74 Å². The molecule has 9 heteroatoms. The minimum Gasteiger partial charge on any atom is -0.492 e. The number of aromatic nitrogens is 3. The van der Waals surface area contributed by atoms with E-state index in [1.165, 1.54) is 0 Å². The number of hydrogen-bond acceptors (Lipinski definition) is 6. The van der Waals surface area contributed by atoms with Crippen LogP contribution in [-0.4, -0.2) is 65.2 Å². The summed E-state index contributed by atoms with van der Waals surface area (Å²) in [5, 5.41) is 4.21. The van der Waals surface area contributed by atoms with Gasteiger partial charge in [0.1, 0.15) is 11.6 Å². The zero-order valence-corrected chi connectivity index (χ0v) is 18.4. The molecule has 1 unspecified atom stereocenters. The van der Waals surface area contributed by atoms with E-state index in [0.717, 1.165) is 29.6 Å². The van der Waals surface area contributed by atoms with Crippen molar-refractivity contribution in [2.75, 3.05) is 39.5 Å². The number of hydrogen-bond donors (Lipinski definition) is 2. The van der Waals surface area contributed by atoms with Crippen molar-refractivity contribution in [3.63, 3.8) is 0 Å². The molecule has 1 aliphatic heterocycles. The number of rotatable bonds is 7. The quantitative estimate of drug-likeness (QED) is 0.583. The summed E-state index contributed by atoms with van der Waals surface area (Å²) < 4.78 is 11.2. The van der Waals surface area contributed by atoms with E-state index in [2.05, 4.69) is 25.2 Å². The number of morpholine rings is 1. The smallest absolute Gasteiger partial charge is 0.253 e. The molecule has 3 heterocycles. The van der Waals surface area contributed by atoms with Crippen molar-refractivity contribution in [1.82, 2.24) is 25.2 Å². The highest BCUT2D eigenvalue weighted by Gasteiger charge is 2.25. The number of nitrogens with one attached hydrogen (secondary N) is 2. The SMILES string of the molecule is CCOc1cc(C(=O)NCC(c2cnc(C)nc2)N2CCOCC2)c(Cl)c2cc[nH]c12. The number of ether oxygens (including phenoxy) is 2. The molecule has 1 atom stereocenters. The van der Waals surface area contributed by atoms with Gasteiger partial charge in [0.05, 0.1) is 42.0 Å². The fourth-order valence-corrected chi connectivity index (χ4v) is 4.11. The summed E-state index contributed by atoms with van der Waals surface area (Å²) >= 11 is 6.57. The molecule has 31 heavy (non-hydrogen) atoms. The molecule has 0 bridgehead atoms. The number of fused-ring (bicyclic) bond motifs is 1. The van der Waals surface area contributed by atoms with Crippen molar-refractivity contribution in [2.24, 2.45) is 0 Å². The highest BCUT2D eigenvalue weighted by atomic mass is 35.5.